The number of carbonyl (C=O) groups excluding carboxylic acids is 2. The van der Waals surface area contributed by atoms with Crippen LogP contribution < -0.4 is 5.32 Å². The molecule has 0 radical (unpaired) electrons. The molecule has 1 N–H and O–H groups in total. The minimum atomic E-state index is -0.168. The second-order valence-corrected chi connectivity index (χ2v) is 4.74. The van der Waals surface area contributed by atoms with Gasteiger partial charge in [0.1, 0.15) is 12.2 Å². The quantitative estimate of drug-likeness (QED) is 0.818. The zero-order valence-electron chi connectivity index (χ0n) is 9.74. The predicted molar refractivity (Wildman–Crippen MR) is 66.3 cm³/mol. The fraction of sp³-hybridized carbons (Fsp3) is 0.273. The van der Waals surface area contributed by atoms with Crippen LogP contribution in [0.2, 0.25) is 0 Å². The number of hydrogen-bond acceptors (Lipinski definition) is 5. The molecule has 0 fully saturated rings. The minimum absolute atomic E-state index is 0.0356. The number of hydrogen-bond donors (Lipinski definition) is 1. The number of amides is 1. The molecule has 0 aliphatic carbocycles. The van der Waals surface area contributed by atoms with Gasteiger partial charge in [-0.1, -0.05) is 11.3 Å². The summed E-state index contributed by atoms with van der Waals surface area (Å²) >= 11 is 1.59. The molecule has 0 saturated heterocycles. The molecule has 0 saturated carbocycles. The Kier molecular flexibility index (Phi) is 3.83. The first-order valence-electron chi connectivity index (χ1n) is 5.37. The number of rotatable bonds is 5. The van der Waals surface area contributed by atoms with E-state index in [9.17, 15) is 9.59 Å². The highest BCUT2D eigenvalue weighted by molar-refractivity contribution is 7.10. The van der Waals surface area contributed by atoms with Gasteiger partial charge in [0.05, 0.1) is 12.2 Å². The van der Waals surface area contributed by atoms with Gasteiger partial charge in [0.15, 0.2) is 6.29 Å². The van der Waals surface area contributed by atoms with Crippen molar-refractivity contribution in [2.75, 3.05) is 0 Å². The van der Waals surface area contributed by atoms with Crippen molar-refractivity contribution >= 4 is 23.5 Å². The highest BCUT2D eigenvalue weighted by Gasteiger charge is 2.11. The molecule has 94 valence electrons. The molecule has 18 heavy (non-hydrogen) atoms. The van der Waals surface area contributed by atoms with Gasteiger partial charge in [0, 0.05) is 4.88 Å². The second-order valence-electron chi connectivity index (χ2n) is 3.76. The molecule has 0 aliphatic heterocycles. The highest BCUT2D eigenvalue weighted by Crippen LogP contribution is 2.17. The smallest absolute Gasteiger partial charge is 0.242 e. The SMILES string of the molecule is CC(NC(=O)Cn1cc(C=O)nn1)c1cccs1. The standard InChI is InChI=1S/C11H12N4O2S/c1-8(10-3-2-4-18-10)12-11(17)6-15-5-9(7-16)13-14-15/h2-5,7-8H,6H2,1H3,(H,12,17). The van der Waals surface area contributed by atoms with E-state index < -0.39 is 0 Å². The van der Waals surface area contributed by atoms with Crippen molar-refractivity contribution in [1.82, 2.24) is 20.3 Å². The Morgan fingerprint density at radius 3 is 3.11 bits per heavy atom. The lowest BCUT2D eigenvalue weighted by Gasteiger charge is -2.11. The third kappa shape index (κ3) is 3.01. The lowest BCUT2D eigenvalue weighted by atomic mass is 10.3. The molecule has 1 atom stereocenters. The van der Waals surface area contributed by atoms with Crippen molar-refractivity contribution in [3.63, 3.8) is 0 Å². The van der Waals surface area contributed by atoms with Crippen LogP contribution in [0.1, 0.15) is 28.3 Å². The van der Waals surface area contributed by atoms with Gasteiger partial charge in [0.2, 0.25) is 5.91 Å². The van der Waals surface area contributed by atoms with Gasteiger partial charge in [-0.15, -0.1) is 16.4 Å². The lowest BCUT2D eigenvalue weighted by Crippen LogP contribution is -2.29. The molecule has 0 bridgehead atoms. The Balaban J connectivity index is 1.90. The zero-order chi connectivity index (χ0) is 13.0. The fourth-order valence-corrected chi connectivity index (χ4v) is 2.22. The van der Waals surface area contributed by atoms with Crippen LogP contribution in [0.25, 0.3) is 0 Å². The molecule has 2 rings (SSSR count). The summed E-state index contributed by atoms with van der Waals surface area (Å²) in [4.78, 5) is 23.2. The molecular formula is C11H12N4O2S. The minimum Gasteiger partial charge on any atom is -0.347 e. The molecule has 0 aliphatic rings. The summed E-state index contributed by atoms with van der Waals surface area (Å²) in [5, 5.41) is 12.1. The van der Waals surface area contributed by atoms with Crippen LogP contribution in [0, 0.1) is 0 Å². The number of aldehydes is 1. The first-order valence-corrected chi connectivity index (χ1v) is 6.25. The van der Waals surface area contributed by atoms with Crippen molar-refractivity contribution in [2.24, 2.45) is 0 Å². The van der Waals surface area contributed by atoms with Gasteiger partial charge < -0.3 is 5.32 Å². The van der Waals surface area contributed by atoms with Crippen molar-refractivity contribution in [2.45, 2.75) is 19.5 Å². The van der Waals surface area contributed by atoms with Crippen molar-refractivity contribution in [1.29, 1.82) is 0 Å². The Morgan fingerprint density at radius 2 is 2.50 bits per heavy atom. The molecule has 2 heterocycles. The topological polar surface area (TPSA) is 76.9 Å². The van der Waals surface area contributed by atoms with Crippen LogP contribution in [0.4, 0.5) is 0 Å². The molecule has 2 aromatic heterocycles. The highest BCUT2D eigenvalue weighted by atomic mass is 32.1. The lowest BCUT2D eigenvalue weighted by molar-refractivity contribution is -0.122. The summed E-state index contributed by atoms with van der Waals surface area (Å²) in [5.41, 5.74) is 0.217. The third-order valence-corrected chi connectivity index (χ3v) is 3.39. The number of aromatic nitrogens is 3. The van der Waals surface area contributed by atoms with E-state index in [1.165, 1.54) is 10.9 Å². The summed E-state index contributed by atoms with van der Waals surface area (Å²) < 4.78 is 1.33. The van der Waals surface area contributed by atoms with Gasteiger partial charge in [-0.05, 0) is 18.4 Å². The van der Waals surface area contributed by atoms with E-state index in [-0.39, 0.29) is 24.2 Å². The Hall–Kier alpha value is -2.02. The fourth-order valence-electron chi connectivity index (χ4n) is 1.49. The van der Waals surface area contributed by atoms with Gasteiger partial charge in [-0.25, -0.2) is 4.68 Å². The average molecular weight is 264 g/mol. The summed E-state index contributed by atoms with van der Waals surface area (Å²) in [5.74, 6) is -0.168. The molecule has 7 heteroatoms. The summed E-state index contributed by atoms with van der Waals surface area (Å²) in [7, 11) is 0. The molecule has 6 nitrogen and oxygen atoms in total. The summed E-state index contributed by atoms with van der Waals surface area (Å²) in [6.07, 6.45) is 2.03. The van der Waals surface area contributed by atoms with Crippen LogP contribution in [0.3, 0.4) is 0 Å². The largest absolute Gasteiger partial charge is 0.347 e. The van der Waals surface area contributed by atoms with E-state index in [2.05, 4.69) is 15.6 Å². The van der Waals surface area contributed by atoms with E-state index in [0.29, 0.717) is 6.29 Å². The molecule has 1 amide bonds. The molecule has 1 unspecified atom stereocenters. The van der Waals surface area contributed by atoms with Crippen LogP contribution in [0.5, 0.6) is 0 Å². The summed E-state index contributed by atoms with van der Waals surface area (Å²) in [6, 6.07) is 3.87. The zero-order valence-corrected chi connectivity index (χ0v) is 10.6. The third-order valence-electron chi connectivity index (χ3n) is 2.33. The van der Waals surface area contributed by atoms with E-state index in [4.69, 9.17) is 0 Å². The Bertz CT molecular complexity index is 535. The van der Waals surface area contributed by atoms with E-state index >= 15 is 0 Å². The van der Waals surface area contributed by atoms with Crippen molar-refractivity contribution < 1.29 is 9.59 Å². The van der Waals surface area contributed by atoms with Crippen LogP contribution >= 0.6 is 11.3 Å². The van der Waals surface area contributed by atoms with E-state index in [1.54, 1.807) is 11.3 Å². The maximum absolute atomic E-state index is 11.7. The van der Waals surface area contributed by atoms with Crippen LogP contribution in [0.15, 0.2) is 23.7 Å². The predicted octanol–water partition coefficient (Wildman–Crippen LogP) is 1.03. The maximum atomic E-state index is 11.7. The molecule has 0 aromatic carbocycles. The number of nitrogens with zero attached hydrogens (tertiary/aromatic N) is 3. The van der Waals surface area contributed by atoms with Crippen LogP contribution in [-0.4, -0.2) is 27.2 Å². The van der Waals surface area contributed by atoms with Crippen molar-refractivity contribution in [3.8, 4) is 0 Å². The Morgan fingerprint density at radius 1 is 1.67 bits per heavy atom. The normalized spacial score (nSPS) is 12.1. The van der Waals surface area contributed by atoms with Gasteiger partial charge in [0.25, 0.3) is 0 Å². The Labute approximate surface area is 108 Å². The summed E-state index contributed by atoms with van der Waals surface area (Å²) in [6.45, 7) is 1.97. The maximum Gasteiger partial charge on any atom is 0.242 e. The molecular weight excluding hydrogens is 252 g/mol. The first kappa shape index (κ1) is 12.4. The number of nitrogens with one attached hydrogen (secondary N) is 1. The molecule has 2 aromatic rings. The molecule has 0 spiro atoms. The van der Waals surface area contributed by atoms with Gasteiger partial charge in [-0.2, -0.15) is 0 Å². The van der Waals surface area contributed by atoms with E-state index in [0.717, 1.165) is 4.88 Å². The van der Waals surface area contributed by atoms with E-state index in [1.807, 2.05) is 24.4 Å². The number of thiophene rings is 1. The van der Waals surface area contributed by atoms with Crippen molar-refractivity contribution in [3.05, 3.63) is 34.3 Å². The van der Waals surface area contributed by atoms with Gasteiger partial charge in [-0.3, -0.25) is 9.59 Å². The monoisotopic (exact) mass is 264 g/mol. The number of carbonyl (C=O) groups is 2. The average Bonchev–Trinajstić information content (AvgIpc) is 2.98. The van der Waals surface area contributed by atoms with Gasteiger partial charge >= 0.3 is 0 Å². The second kappa shape index (κ2) is 5.54. The van der Waals surface area contributed by atoms with Crippen LogP contribution in [-0.2, 0) is 11.3 Å². The first-order chi connectivity index (χ1) is 8.69.